The van der Waals surface area contributed by atoms with Crippen LogP contribution in [0.2, 0.25) is 5.02 Å². The number of aromatic nitrogens is 1. The molecule has 3 N–H and O–H groups in total. The lowest BCUT2D eigenvalue weighted by molar-refractivity contribution is -0.122. The van der Waals surface area contributed by atoms with Gasteiger partial charge < -0.3 is 5.73 Å². The number of benzene rings is 1. The van der Waals surface area contributed by atoms with E-state index in [0.717, 1.165) is 10.6 Å². The van der Waals surface area contributed by atoms with E-state index in [0.29, 0.717) is 10.7 Å². The summed E-state index contributed by atoms with van der Waals surface area (Å²) in [6.07, 6.45) is 0. The van der Waals surface area contributed by atoms with Crippen LogP contribution < -0.4 is 11.2 Å². The first kappa shape index (κ1) is 15.4. The molecule has 0 bridgehead atoms. The second-order valence-electron chi connectivity index (χ2n) is 4.02. The van der Waals surface area contributed by atoms with Gasteiger partial charge in [-0.15, -0.1) is 11.3 Å². The van der Waals surface area contributed by atoms with Crippen molar-refractivity contribution in [1.29, 1.82) is 5.26 Å². The maximum Gasteiger partial charge on any atom is 0.251 e. The van der Waals surface area contributed by atoms with Crippen LogP contribution in [0.4, 0.5) is 0 Å². The predicted molar refractivity (Wildman–Crippen MR) is 79.1 cm³/mol. The van der Waals surface area contributed by atoms with Gasteiger partial charge in [0.25, 0.3) is 5.91 Å². The molecular formula is C13H11ClN4O2S. The van der Waals surface area contributed by atoms with E-state index in [1.165, 1.54) is 11.3 Å². The Hall–Kier alpha value is -1.98. The van der Waals surface area contributed by atoms with Crippen LogP contribution in [0.3, 0.4) is 0 Å². The Labute approximate surface area is 130 Å². The van der Waals surface area contributed by atoms with Gasteiger partial charge in [0.1, 0.15) is 11.6 Å². The van der Waals surface area contributed by atoms with Crippen LogP contribution >= 0.6 is 22.9 Å². The van der Waals surface area contributed by atoms with Crippen molar-refractivity contribution in [2.24, 2.45) is 5.73 Å². The highest BCUT2D eigenvalue weighted by Crippen LogP contribution is 2.25. The van der Waals surface area contributed by atoms with Crippen LogP contribution in [0.25, 0.3) is 10.6 Å². The van der Waals surface area contributed by atoms with Crippen molar-refractivity contribution in [2.45, 2.75) is 12.6 Å². The molecule has 0 aliphatic carbocycles. The summed E-state index contributed by atoms with van der Waals surface area (Å²) in [7, 11) is 0. The largest absolute Gasteiger partial charge is 0.367 e. The Morgan fingerprint density at radius 2 is 2.24 bits per heavy atom. The molecule has 0 fully saturated rings. The number of rotatable bonds is 6. The predicted octanol–water partition coefficient (Wildman–Crippen LogP) is 1.86. The van der Waals surface area contributed by atoms with Crippen LogP contribution in [0, 0.1) is 11.3 Å². The molecule has 0 saturated carbocycles. The van der Waals surface area contributed by atoms with Gasteiger partial charge in [-0.05, 0) is 12.1 Å². The zero-order chi connectivity index (χ0) is 15.2. The molecule has 1 aromatic carbocycles. The Morgan fingerprint density at radius 3 is 2.86 bits per heavy atom. The SMILES string of the molecule is N#CC(NOCc1csc(-c2ccc(Cl)cc2)n1)C(N)=O. The summed E-state index contributed by atoms with van der Waals surface area (Å²) in [4.78, 5) is 20.3. The second-order valence-corrected chi connectivity index (χ2v) is 5.32. The second kappa shape index (κ2) is 7.15. The van der Waals surface area contributed by atoms with Crippen molar-refractivity contribution in [1.82, 2.24) is 10.5 Å². The highest BCUT2D eigenvalue weighted by atomic mass is 35.5. The fraction of sp³-hybridized carbons (Fsp3) is 0.154. The van der Waals surface area contributed by atoms with Gasteiger partial charge in [0.15, 0.2) is 6.04 Å². The Bertz CT molecular complexity index is 666. The Balaban J connectivity index is 1.93. The lowest BCUT2D eigenvalue weighted by Crippen LogP contribution is -2.39. The fourth-order valence-corrected chi connectivity index (χ4v) is 2.38. The first-order valence-corrected chi connectivity index (χ1v) is 7.12. The fourth-order valence-electron chi connectivity index (χ4n) is 1.45. The normalized spacial score (nSPS) is 11.8. The van der Waals surface area contributed by atoms with Crippen molar-refractivity contribution in [3.05, 3.63) is 40.4 Å². The van der Waals surface area contributed by atoms with Gasteiger partial charge in [0, 0.05) is 16.0 Å². The molecule has 0 aliphatic heterocycles. The van der Waals surface area contributed by atoms with E-state index in [2.05, 4.69) is 10.5 Å². The summed E-state index contributed by atoms with van der Waals surface area (Å²) in [5, 5.41) is 12.0. The van der Waals surface area contributed by atoms with E-state index in [1.807, 2.05) is 17.5 Å². The number of nitrogens with zero attached hydrogens (tertiary/aromatic N) is 2. The highest BCUT2D eigenvalue weighted by Gasteiger charge is 2.13. The standard InChI is InChI=1S/C13H11ClN4O2S/c14-9-3-1-8(2-4-9)13-17-10(7-21-13)6-20-18-11(5-15)12(16)19/h1-4,7,11,18H,6H2,(H2,16,19). The molecule has 21 heavy (non-hydrogen) atoms. The van der Waals surface area contributed by atoms with Gasteiger partial charge in [-0.25, -0.2) is 4.98 Å². The van der Waals surface area contributed by atoms with Gasteiger partial charge in [0.2, 0.25) is 0 Å². The lowest BCUT2D eigenvalue weighted by atomic mass is 10.2. The Morgan fingerprint density at radius 1 is 1.52 bits per heavy atom. The molecule has 2 aromatic rings. The Kier molecular flexibility index (Phi) is 5.25. The molecule has 0 saturated heterocycles. The molecule has 6 nitrogen and oxygen atoms in total. The minimum absolute atomic E-state index is 0.121. The van der Waals surface area contributed by atoms with Gasteiger partial charge in [-0.2, -0.15) is 10.7 Å². The number of primary amides is 1. The van der Waals surface area contributed by atoms with Crippen LogP contribution in [0.1, 0.15) is 5.69 Å². The van der Waals surface area contributed by atoms with E-state index in [1.54, 1.807) is 18.2 Å². The summed E-state index contributed by atoms with van der Waals surface area (Å²) < 4.78 is 0. The molecule has 8 heteroatoms. The molecule has 0 spiro atoms. The van der Waals surface area contributed by atoms with Crippen molar-refractivity contribution >= 4 is 28.8 Å². The summed E-state index contributed by atoms with van der Waals surface area (Å²) >= 11 is 7.29. The summed E-state index contributed by atoms with van der Waals surface area (Å²) in [6.45, 7) is 0.121. The minimum atomic E-state index is -1.18. The number of amides is 1. The van der Waals surface area contributed by atoms with Gasteiger partial charge in [-0.1, -0.05) is 23.7 Å². The number of carbonyl (C=O) groups is 1. The van der Waals surface area contributed by atoms with Crippen molar-refractivity contribution in [3.8, 4) is 16.6 Å². The minimum Gasteiger partial charge on any atom is -0.367 e. The first-order chi connectivity index (χ1) is 10.1. The maximum absolute atomic E-state index is 10.8. The topological polar surface area (TPSA) is 101 Å². The van der Waals surface area contributed by atoms with Gasteiger partial charge in [0.05, 0.1) is 11.8 Å². The summed E-state index contributed by atoms with van der Waals surface area (Å²) in [6, 6.07) is 7.84. The maximum atomic E-state index is 10.8. The number of nitriles is 1. The molecule has 2 rings (SSSR count). The molecular weight excluding hydrogens is 312 g/mol. The van der Waals surface area contributed by atoms with Gasteiger partial charge in [-0.3, -0.25) is 9.63 Å². The number of thiazole rings is 1. The quantitative estimate of drug-likeness (QED) is 0.790. The van der Waals surface area contributed by atoms with Crippen molar-refractivity contribution in [3.63, 3.8) is 0 Å². The average molecular weight is 323 g/mol. The number of hydrogen-bond donors (Lipinski definition) is 2. The van der Waals surface area contributed by atoms with Crippen LogP contribution in [0.15, 0.2) is 29.6 Å². The van der Waals surface area contributed by atoms with Crippen LogP contribution in [-0.2, 0) is 16.2 Å². The summed E-state index contributed by atoms with van der Waals surface area (Å²) in [5.74, 6) is -0.794. The molecule has 1 heterocycles. The summed E-state index contributed by atoms with van der Waals surface area (Å²) in [5.41, 5.74) is 8.91. The molecule has 108 valence electrons. The number of hydroxylamine groups is 1. The number of halogens is 1. The van der Waals surface area contributed by atoms with E-state index in [4.69, 9.17) is 27.4 Å². The number of nitrogens with one attached hydrogen (secondary N) is 1. The third-order valence-electron chi connectivity index (χ3n) is 2.48. The van der Waals surface area contributed by atoms with E-state index < -0.39 is 11.9 Å². The van der Waals surface area contributed by atoms with E-state index in [-0.39, 0.29) is 6.61 Å². The molecule has 1 amide bonds. The number of hydrogen-bond acceptors (Lipinski definition) is 6. The zero-order valence-corrected chi connectivity index (χ0v) is 12.3. The van der Waals surface area contributed by atoms with E-state index >= 15 is 0 Å². The zero-order valence-electron chi connectivity index (χ0n) is 10.7. The average Bonchev–Trinajstić information content (AvgIpc) is 2.93. The third kappa shape index (κ3) is 4.24. The molecule has 1 unspecified atom stereocenters. The van der Waals surface area contributed by atoms with Crippen molar-refractivity contribution in [2.75, 3.05) is 0 Å². The van der Waals surface area contributed by atoms with E-state index in [9.17, 15) is 4.79 Å². The molecule has 0 aliphatic rings. The van der Waals surface area contributed by atoms with Crippen molar-refractivity contribution < 1.29 is 9.63 Å². The number of carbonyl (C=O) groups excluding carboxylic acids is 1. The molecule has 0 radical (unpaired) electrons. The smallest absolute Gasteiger partial charge is 0.251 e. The first-order valence-electron chi connectivity index (χ1n) is 5.86. The monoisotopic (exact) mass is 322 g/mol. The van der Waals surface area contributed by atoms with Gasteiger partial charge >= 0.3 is 0 Å². The lowest BCUT2D eigenvalue weighted by Gasteiger charge is -2.06. The number of nitrogens with two attached hydrogens (primary N) is 1. The molecule has 1 atom stereocenters. The highest BCUT2D eigenvalue weighted by molar-refractivity contribution is 7.13. The third-order valence-corrected chi connectivity index (χ3v) is 3.67. The van der Waals surface area contributed by atoms with Crippen LogP contribution in [0.5, 0.6) is 0 Å². The molecule has 1 aromatic heterocycles. The van der Waals surface area contributed by atoms with Crippen LogP contribution in [-0.4, -0.2) is 16.9 Å².